The summed E-state index contributed by atoms with van der Waals surface area (Å²) in [5.41, 5.74) is 2.74. The summed E-state index contributed by atoms with van der Waals surface area (Å²) in [4.78, 5) is 12.0. The van der Waals surface area contributed by atoms with Crippen LogP contribution < -0.4 is 9.64 Å². The minimum absolute atomic E-state index is 0.189. The van der Waals surface area contributed by atoms with Crippen LogP contribution in [0, 0.1) is 6.92 Å². The summed E-state index contributed by atoms with van der Waals surface area (Å²) in [7, 11) is -3.61. The third-order valence-electron chi connectivity index (χ3n) is 5.98. The third kappa shape index (κ3) is 4.08. The average molecular weight is 451 g/mol. The number of aromatic nitrogens is 2. The van der Waals surface area contributed by atoms with Crippen LogP contribution in [0.15, 0.2) is 59.5 Å². The molecule has 3 aromatic rings. The van der Waals surface area contributed by atoms with Crippen molar-refractivity contribution in [1.29, 1.82) is 0 Å². The lowest BCUT2D eigenvalue weighted by atomic mass is 10.1. The fourth-order valence-electron chi connectivity index (χ4n) is 4.15. The summed E-state index contributed by atoms with van der Waals surface area (Å²) >= 11 is 0. The van der Waals surface area contributed by atoms with Crippen LogP contribution in [0.4, 0.5) is 5.95 Å². The summed E-state index contributed by atoms with van der Waals surface area (Å²) in [6.45, 7) is 4.45. The number of nitrogens with zero attached hydrogens (tertiary/aromatic N) is 4. The highest BCUT2D eigenvalue weighted by Gasteiger charge is 2.32. The van der Waals surface area contributed by atoms with Gasteiger partial charge in [0.05, 0.1) is 16.2 Å². The van der Waals surface area contributed by atoms with E-state index in [0.717, 1.165) is 42.8 Å². The van der Waals surface area contributed by atoms with E-state index in [4.69, 9.17) is 14.7 Å². The molecule has 7 nitrogen and oxygen atoms in total. The minimum Gasteiger partial charge on any atom is -0.439 e. The van der Waals surface area contributed by atoms with Crippen molar-refractivity contribution in [2.24, 2.45) is 0 Å². The summed E-state index contributed by atoms with van der Waals surface area (Å²) in [6.07, 6.45) is 2.77. The number of fused-ring (bicyclic) bond motifs is 1. The van der Waals surface area contributed by atoms with Gasteiger partial charge in [0.1, 0.15) is 5.75 Å². The second-order valence-corrected chi connectivity index (χ2v) is 10.2. The number of aryl methyl sites for hydroxylation is 1. The van der Waals surface area contributed by atoms with Gasteiger partial charge in [0.25, 0.3) is 0 Å². The first-order valence-electron chi connectivity index (χ1n) is 11.0. The number of benzene rings is 2. The molecule has 1 aromatic heterocycles. The van der Waals surface area contributed by atoms with Gasteiger partial charge in [-0.15, -0.1) is 0 Å². The molecule has 0 radical (unpaired) electrons. The predicted octanol–water partition coefficient (Wildman–Crippen LogP) is 3.92. The second kappa shape index (κ2) is 8.52. The molecule has 0 unspecified atom stereocenters. The van der Waals surface area contributed by atoms with Gasteiger partial charge in [0.2, 0.25) is 21.9 Å². The Labute approximate surface area is 188 Å². The third-order valence-corrected chi connectivity index (χ3v) is 7.84. The summed E-state index contributed by atoms with van der Waals surface area (Å²) < 4.78 is 34.1. The van der Waals surface area contributed by atoms with E-state index in [1.165, 1.54) is 4.31 Å². The molecule has 1 saturated heterocycles. The number of hydrogen-bond donors (Lipinski definition) is 0. The van der Waals surface area contributed by atoms with Crippen LogP contribution in [-0.2, 0) is 23.0 Å². The second-order valence-electron chi connectivity index (χ2n) is 8.26. The van der Waals surface area contributed by atoms with E-state index in [9.17, 15) is 8.42 Å². The van der Waals surface area contributed by atoms with Crippen LogP contribution in [0.2, 0.25) is 0 Å². The van der Waals surface area contributed by atoms with Gasteiger partial charge in [-0.05, 0) is 44.0 Å². The molecule has 8 heteroatoms. The van der Waals surface area contributed by atoms with Gasteiger partial charge in [0, 0.05) is 32.6 Å². The maximum absolute atomic E-state index is 13.2. The van der Waals surface area contributed by atoms with E-state index in [0.29, 0.717) is 35.4 Å². The van der Waals surface area contributed by atoms with Gasteiger partial charge in [-0.25, -0.2) is 13.4 Å². The summed E-state index contributed by atoms with van der Waals surface area (Å²) in [6, 6.07) is 16.3. The van der Waals surface area contributed by atoms with Crippen LogP contribution in [0.1, 0.15) is 29.7 Å². The molecular weight excluding hydrogens is 424 g/mol. The van der Waals surface area contributed by atoms with E-state index < -0.39 is 10.0 Å². The molecule has 0 atom stereocenters. The van der Waals surface area contributed by atoms with Crippen molar-refractivity contribution in [2.75, 3.05) is 24.5 Å². The van der Waals surface area contributed by atoms with Crippen LogP contribution in [0.3, 0.4) is 0 Å². The molecule has 0 bridgehead atoms. The molecule has 0 spiro atoms. The molecule has 0 N–H and O–H groups in total. The Bertz CT molecular complexity index is 1210. The van der Waals surface area contributed by atoms with Gasteiger partial charge >= 0.3 is 0 Å². The Hall–Kier alpha value is -2.97. The molecule has 0 amide bonds. The standard InChI is InChI=1S/C24H26N4O3S/c1-18-9-11-19(12-10-18)31-23-21-17-28(32(29,30)20-7-3-2-4-8-20)16-13-22(21)25-24(26-23)27-14-5-6-15-27/h2-4,7-12H,5-6,13-17H2,1H3. The van der Waals surface area contributed by atoms with Crippen molar-refractivity contribution in [3.63, 3.8) is 0 Å². The van der Waals surface area contributed by atoms with Crippen molar-refractivity contribution in [3.05, 3.63) is 71.4 Å². The van der Waals surface area contributed by atoms with Gasteiger partial charge in [0.15, 0.2) is 0 Å². The van der Waals surface area contributed by atoms with Crippen molar-refractivity contribution >= 4 is 16.0 Å². The molecule has 3 heterocycles. The first-order valence-corrected chi connectivity index (χ1v) is 12.4. The van der Waals surface area contributed by atoms with E-state index in [2.05, 4.69) is 4.90 Å². The Balaban J connectivity index is 1.52. The Morgan fingerprint density at radius 2 is 1.62 bits per heavy atom. The van der Waals surface area contributed by atoms with Crippen LogP contribution >= 0.6 is 0 Å². The van der Waals surface area contributed by atoms with Crippen molar-refractivity contribution < 1.29 is 13.2 Å². The lowest BCUT2D eigenvalue weighted by molar-refractivity contribution is 0.369. The van der Waals surface area contributed by atoms with Gasteiger partial charge in [-0.3, -0.25) is 0 Å². The fraction of sp³-hybridized carbons (Fsp3) is 0.333. The molecule has 166 valence electrons. The van der Waals surface area contributed by atoms with Crippen molar-refractivity contribution in [2.45, 2.75) is 37.6 Å². The monoisotopic (exact) mass is 450 g/mol. The zero-order valence-corrected chi connectivity index (χ0v) is 18.9. The van der Waals surface area contributed by atoms with Crippen LogP contribution in [0.25, 0.3) is 0 Å². The van der Waals surface area contributed by atoms with Crippen LogP contribution in [0.5, 0.6) is 11.6 Å². The molecule has 0 aliphatic carbocycles. The SMILES string of the molecule is Cc1ccc(Oc2nc(N3CCCC3)nc3c2CN(S(=O)(=O)c2ccccc2)CC3)cc1. The van der Waals surface area contributed by atoms with E-state index >= 15 is 0 Å². The summed E-state index contributed by atoms with van der Waals surface area (Å²) in [5, 5.41) is 0. The average Bonchev–Trinajstić information content (AvgIpc) is 3.36. The summed E-state index contributed by atoms with van der Waals surface area (Å²) in [5.74, 6) is 1.78. The number of hydrogen-bond acceptors (Lipinski definition) is 6. The first kappa shape index (κ1) is 20.9. The normalized spacial score (nSPS) is 16.7. The Morgan fingerprint density at radius 3 is 2.34 bits per heavy atom. The molecule has 2 aliphatic heterocycles. The zero-order valence-electron chi connectivity index (χ0n) is 18.1. The molecule has 2 aromatic carbocycles. The van der Waals surface area contributed by atoms with Gasteiger partial charge in [-0.1, -0.05) is 35.9 Å². The molecule has 1 fully saturated rings. The van der Waals surface area contributed by atoms with E-state index in [1.54, 1.807) is 24.3 Å². The zero-order chi connectivity index (χ0) is 22.1. The highest BCUT2D eigenvalue weighted by Crippen LogP contribution is 2.34. The number of ether oxygens (including phenoxy) is 1. The Morgan fingerprint density at radius 1 is 0.906 bits per heavy atom. The van der Waals surface area contributed by atoms with E-state index in [1.807, 2.05) is 37.3 Å². The number of anilines is 1. The lowest BCUT2D eigenvalue weighted by Crippen LogP contribution is -2.37. The smallest absolute Gasteiger partial charge is 0.243 e. The highest BCUT2D eigenvalue weighted by molar-refractivity contribution is 7.89. The molecular formula is C24H26N4O3S. The van der Waals surface area contributed by atoms with Gasteiger partial charge < -0.3 is 9.64 Å². The highest BCUT2D eigenvalue weighted by atomic mass is 32.2. The largest absolute Gasteiger partial charge is 0.439 e. The quantitative estimate of drug-likeness (QED) is 0.586. The maximum Gasteiger partial charge on any atom is 0.243 e. The Kier molecular flexibility index (Phi) is 5.57. The molecule has 32 heavy (non-hydrogen) atoms. The minimum atomic E-state index is -3.61. The molecule has 0 saturated carbocycles. The number of rotatable bonds is 5. The van der Waals surface area contributed by atoms with Gasteiger partial charge in [-0.2, -0.15) is 9.29 Å². The molecule has 2 aliphatic rings. The fourth-order valence-corrected chi connectivity index (χ4v) is 5.58. The maximum atomic E-state index is 13.2. The molecule has 5 rings (SSSR count). The van der Waals surface area contributed by atoms with Crippen molar-refractivity contribution in [3.8, 4) is 11.6 Å². The lowest BCUT2D eigenvalue weighted by Gasteiger charge is -2.29. The first-order chi connectivity index (χ1) is 15.5. The predicted molar refractivity (Wildman–Crippen MR) is 122 cm³/mol. The van der Waals surface area contributed by atoms with Crippen molar-refractivity contribution in [1.82, 2.24) is 14.3 Å². The number of sulfonamides is 1. The van der Waals surface area contributed by atoms with E-state index in [-0.39, 0.29) is 6.54 Å². The van der Waals surface area contributed by atoms with Crippen LogP contribution in [-0.4, -0.2) is 42.3 Å². The topological polar surface area (TPSA) is 75.6 Å².